The van der Waals surface area contributed by atoms with Gasteiger partial charge in [-0.15, -0.1) is 0 Å². The number of benzene rings is 1. The second kappa shape index (κ2) is 6.18. The molecule has 4 nitrogen and oxygen atoms in total. The zero-order valence-electron chi connectivity index (χ0n) is 11.3. The maximum absolute atomic E-state index is 11.6. The van der Waals surface area contributed by atoms with Crippen LogP contribution < -0.4 is 0 Å². The lowest BCUT2D eigenvalue weighted by Crippen LogP contribution is -2.12. The fraction of sp³-hybridized carbons (Fsp3) is 0.333. The molecule has 19 heavy (non-hydrogen) atoms. The molecule has 100 valence electrons. The molecule has 1 aromatic heterocycles. The molecule has 0 spiro atoms. The third-order valence-electron chi connectivity index (χ3n) is 2.86. The SMILES string of the molecule is CCOC(=O)Cc1cc(-c2ccccc2)nn1CC. The molecule has 0 bridgehead atoms. The number of carbonyl (C=O) groups is 1. The molecular weight excluding hydrogens is 240 g/mol. The second-order valence-electron chi connectivity index (χ2n) is 4.18. The molecule has 0 saturated heterocycles. The van der Waals surface area contributed by atoms with Crippen molar-refractivity contribution in [3.05, 3.63) is 42.1 Å². The van der Waals surface area contributed by atoms with E-state index in [2.05, 4.69) is 5.10 Å². The van der Waals surface area contributed by atoms with Gasteiger partial charge in [0.05, 0.1) is 24.4 Å². The minimum atomic E-state index is -0.211. The summed E-state index contributed by atoms with van der Waals surface area (Å²) >= 11 is 0. The van der Waals surface area contributed by atoms with Gasteiger partial charge in [-0.1, -0.05) is 30.3 Å². The zero-order chi connectivity index (χ0) is 13.7. The second-order valence-corrected chi connectivity index (χ2v) is 4.18. The van der Waals surface area contributed by atoms with Gasteiger partial charge in [0, 0.05) is 12.1 Å². The lowest BCUT2D eigenvalue weighted by atomic mass is 10.1. The van der Waals surface area contributed by atoms with E-state index >= 15 is 0 Å². The van der Waals surface area contributed by atoms with E-state index in [-0.39, 0.29) is 12.4 Å². The van der Waals surface area contributed by atoms with Gasteiger partial charge in [-0.25, -0.2) is 0 Å². The van der Waals surface area contributed by atoms with Gasteiger partial charge in [0.25, 0.3) is 0 Å². The van der Waals surface area contributed by atoms with Crippen molar-refractivity contribution in [1.82, 2.24) is 9.78 Å². The molecule has 0 atom stereocenters. The molecule has 0 fully saturated rings. The fourth-order valence-corrected chi connectivity index (χ4v) is 1.98. The number of aromatic nitrogens is 2. The first kappa shape index (κ1) is 13.3. The highest BCUT2D eigenvalue weighted by Crippen LogP contribution is 2.19. The average Bonchev–Trinajstić information content (AvgIpc) is 2.83. The van der Waals surface area contributed by atoms with Crippen LogP contribution in [0.15, 0.2) is 36.4 Å². The summed E-state index contributed by atoms with van der Waals surface area (Å²) in [5.74, 6) is -0.211. The Morgan fingerprint density at radius 1 is 1.26 bits per heavy atom. The van der Waals surface area contributed by atoms with Gasteiger partial charge in [-0.2, -0.15) is 5.10 Å². The molecule has 0 aliphatic carbocycles. The van der Waals surface area contributed by atoms with E-state index in [0.717, 1.165) is 23.5 Å². The summed E-state index contributed by atoms with van der Waals surface area (Å²) in [5.41, 5.74) is 2.83. The maximum Gasteiger partial charge on any atom is 0.311 e. The minimum Gasteiger partial charge on any atom is -0.466 e. The Balaban J connectivity index is 2.25. The van der Waals surface area contributed by atoms with Crippen LogP contribution in [0.2, 0.25) is 0 Å². The maximum atomic E-state index is 11.6. The van der Waals surface area contributed by atoms with Gasteiger partial charge in [0.2, 0.25) is 0 Å². The molecule has 0 N–H and O–H groups in total. The lowest BCUT2D eigenvalue weighted by Gasteiger charge is -2.03. The topological polar surface area (TPSA) is 44.1 Å². The predicted molar refractivity (Wildman–Crippen MR) is 73.7 cm³/mol. The third kappa shape index (κ3) is 3.22. The molecule has 0 radical (unpaired) electrons. The van der Waals surface area contributed by atoms with Crippen LogP contribution >= 0.6 is 0 Å². The van der Waals surface area contributed by atoms with Crippen molar-refractivity contribution in [1.29, 1.82) is 0 Å². The number of ether oxygens (including phenoxy) is 1. The first-order valence-corrected chi connectivity index (χ1v) is 6.52. The van der Waals surface area contributed by atoms with E-state index in [1.807, 2.05) is 54.9 Å². The summed E-state index contributed by atoms with van der Waals surface area (Å²) in [5, 5.41) is 4.52. The van der Waals surface area contributed by atoms with E-state index in [0.29, 0.717) is 6.61 Å². The van der Waals surface area contributed by atoms with Crippen LogP contribution in [0.3, 0.4) is 0 Å². The Kier molecular flexibility index (Phi) is 4.34. The van der Waals surface area contributed by atoms with Crippen molar-refractivity contribution in [2.45, 2.75) is 26.8 Å². The number of hydrogen-bond acceptors (Lipinski definition) is 3. The highest BCUT2D eigenvalue weighted by Gasteiger charge is 2.12. The van der Waals surface area contributed by atoms with Crippen LogP contribution in [0.4, 0.5) is 0 Å². The zero-order valence-corrected chi connectivity index (χ0v) is 11.3. The summed E-state index contributed by atoms with van der Waals surface area (Å²) in [6, 6.07) is 11.9. The lowest BCUT2D eigenvalue weighted by molar-refractivity contribution is -0.142. The Hall–Kier alpha value is -2.10. The van der Waals surface area contributed by atoms with Crippen LogP contribution in [0.25, 0.3) is 11.3 Å². The summed E-state index contributed by atoms with van der Waals surface area (Å²) in [6.45, 7) is 4.97. The summed E-state index contributed by atoms with van der Waals surface area (Å²) < 4.78 is 6.83. The molecule has 0 saturated carbocycles. The van der Waals surface area contributed by atoms with Crippen molar-refractivity contribution < 1.29 is 9.53 Å². The molecular formula is C15H18N2O2. The van der Waals surface area contributed by atoms with Gasteiger partial charge in [-0.3, -0.25) is 9.48 Å². The monoisotopic (exact) mass is 258 g/mol. The molecule has 0 unspecified atom stereocenters. The number of carbonyl (C=O) groups excluding carboxylic acids is 1. The van der Waals surface area contributed by atoms with Gasteiger partial charge in [-0.05, 0) is 19.9 Å². The number of hydrogen-bond donors (Lipinski definition) is 0. The van der Waals surface area contributed by atoms with Crippen molar-refractivity contribution in [3.8, 4) is 11.3 Å². The standard InChI is InChI=1S/C15H18N2O2/c1-3-17-13(11-15(18)19-4-2)10-14(16-17)12-8-6-5-7-9-12/h5-10H,3-4,11H2,1-2H3. The number of rotatable bonds is 5. The van der Waals surface area contributed by atoms with Gasteiger partial charge < -0.3 is 4.74 Å². The Morgan fingerprint density at radius 2 is 2.00 bits per heavy atom. The highest BCUT2D eigenvalue weighted by atomic mass is 16.5. The number of aryl methyl sites for hydroxylation is 1. The molecule has 2 aromatic rings. The summed E-state index contributed by atoms with van der Waals surface area (Å²) in [4.78, 5) is 11.6. The van der Waals surface area contributed by atoms with Crippen molar-refractivity contribution in [2.24, 2.45) is 0 Å². The quantitative estimate of drug-likeness (QED) is 0.774. The average molecular weight is 258 g/mol. The molecule has 1 aromatic carbocycles. The summed E-state index contributed by atoms with van der Waals surface area (Å²) in [7, 11) is 0. The normalized spacial score (nSPS) is 10.4. The van der Waals surface area contributed by atoms with Crippen LogP contribution in [0.5, 0.6) is 0 Å². The first-order valence-electron chi connectivity index (χ1n) is 6.52. The van der Waals surface area contributed by atoms with Crippen molar-refractivity contribution in [2.75, 3.05) is 6.61 Å². The Bertz CT molecular complexity index is 547. The summed E-state index contributed by atoms with van der Waals surface area (Å²) in [6.07, 6.45) is 0.265. The van der Waals surface area contributed by atoms with Gasteiger partial charge in [0.15, 0.2) is 0 Å². The number of esters is 1. The highest BCUT2D eigenvalue weighted by molar-refractivity contribution is 5.73. The van der Waals surface area contributed by atoms with E-state index in [4.69, 9.17) is 4.74 Å². The fourth-order valence-electron chi connectivity index (χ4n) is 1.98. The van der Waals surface area contributed by atoms with Crippen LogP contribution in [-0.2, 0) is 22.5 Å². The van der Waals surface area contributed by atoms with Gasteiger partial charge in [0.1, 0.15) is 0 Å². The van der Waals surface area contributed by atoms with Crippen molar-refractivity contribution in [3.63, 3.8) is 0 Å². The van der Waals surface area contributed by atoms with Crippen LogP contribution in [0.1, 0.15) is 19.5 Å². The molecule has 1 heterocycles. The van der Waals surface area contributed by atoms with E-state index in [9.17, 15) is 4.79 Å². The smallest absolute Gasteiger partial charge is 0.311 e. The van der Waals surface area contributed by atoms with Gasteiger partial charge >= 0.3 is 5.97 Å². The van der Waals surface area contributed by atoms with E-state index in [1.165, 1.54) is 0 Å². The minimum absolute atomic E-state index is 0.211. The van der Waals surface area contributed by atoms with E-state index in [1.54, 1.807) is 0 Å². The molecule has 2 rings (SSSR count). The Morgan fingerprint density at radius 3 is 2.63 bits per heavy atom. The third-order valence-corrected chi connectivity index (χ3v) is 2.86. The van der Waals surface area contributed by atoms with Crippen molar-refractivity contribution >= 4 is 5.97 Å². The molecule has 0 aliphatic heterocycles. The predicted octanol–water partition coefficient (Wildman–Crippen LogP) is 2.68. The van der Waals surface area contributed by atoms with Crippen LogP contribution in [-0.4, -0.2) is 22.4 Å². The Labute approximate surface area is 113 Å². The first-order chi connectivity index (χ1) is 9.24. The van der Waals surface area contributed by atoms with E-state index < -0.39 is 0 Å². The number of nitrogens with zero attached hydrogens (tertiary/aromatic N) is 2. The molecule has 4 heteroatoms. The molecule has 0 aliphatic rings. The van der Waals surface area contributed by atoms with Crippen LogP contribution in [0, 0.1) is 0 Å². The largest absolute Gasteiger partial charge is 0.466 e. The molecule has 0 amide bonds.